The van der Waals surface area contributed by atoms with Gasteiger partial charge in [0, 0.05) is 0 Å². The quantitative estimate of drug-likeness (QED) is 0.0738. The predicted molar refractivity (Wildman–Crippen MR) is 161 cm³/mol. The number of unbranched alkanes of at least 4 members (excludes halogenated alkanes) is 24. The van der Waals surface area contributed by atoms with Gasteiger partial charge in [-0.3, -0.25) is 4.55 Å². The lowest BCUT2D eigenvalue weighted by Gasteiger charge is -2.13. The fourth-order valence-corrected chi connectivity index (χ4v) is 6.15. The molecule has 1 atom stereocenters. The summed E-state index contributed by atoms with van der Waals surface area (Å²) in [6.45, 7) is 4.50. The molecule has 220 valence electrons. The molecule has 0 aliphatic rings. The molecule has 1 unspecified atom stereocenters. The van der Waals surface area contributed by atoms with Crippen molar-refractivity contribution in [2.45, 2.75) is 199 Å². The highest BCUT2D eigenvalue weighted by atomic mass is 32.2. The van der Waals surface area contributed by atoms with Crippen LogP contribution < -0.4 is 6.15 Å². The molecule has 0 fully saturated rings. The Labute approximate surface area is 227 Å². The van der Waals surface area contributed by atoms with Crippen LogP contribution in [0.3, 0.4) is 0 Å². The maximum Gasteiger partial charge on any atom is 0.267 e. The molecule has 0 saturated heterocycles. The molecule has 0 aromatic heterocycles. The van der Waals surface area contributed by atoms with Gasteiger partial charge in [0.15, 0.2) is 0 Å². The SMILES string of the molecule is CCCCCCCCCCCCCCCCCCCCCC(CCCCCCCCC)S(=O)(=O)O.N. The van der Waals surface area contributed by atoms with Crippen LogP contribution in [0.25, 0.3) is 0 Å². The van der Waals surface area contributed by atoms with E-state index in [0.29, 0.717) is 12.8 Å². The fraction of sp³-hybridized carbons (Fsp3) is 1.00. The molecule has 0 bridgehead atoms. The van der Waals surface area contributed by atoms with Crippen LogP contribution in [-0.2, 0) is 10.1 Å². The Morgan fingerprint density at radius 3 is 0.806 bits per heavy atom. The minimum Gasteiger partial charge on any atom is -0.344 e. The largest absolute Gasteiger partial charge is 0.344 e. The third-order valence-electron chi connectivity index (χ3n) is 7.68. The molecule has 0 aromatic carbocycles. The zero-order chi connectivity index (χ0) is 25.9. The third kappa shape index (κ3) is 28.4. The van der Waals surface area contributed by atoms with Crippen molar-refractivity contribution in [3.63, 3.8) is 0 Å². The van der Waals surface area contributed by atoms with Gasteiger partial charge < -0.3 is 6.15 Å². The second-order valence-electron chi connectivity index (χ2n) is 11.2. The van der Waals surface area contributed by atoms with Gasteiger partial charge in [-0.25, -0.2) is 0 Å². The molecule has 0 radical (unpaired) electrons. The number of hydrogen-bond acceptors (Lipinski definition) is 3. The number of hydrogen-bond donors (Lipinski definition) is 2. The molecule has 0 heterocycles. The minimum atomic E-state index is -3.89. The summed E-state index contributed by atoms with van der Waals surface area (Å²) >= 11 is 0. The molecule has 0 amide bonds. The van der Waals surface area contributed by atoms with Gasteiger partial charge in [-0.1, -0.05) is 181 Å². The van der Waals surface area contributed by atoms with Crippen LogP contribution >= 0.6 is 0 Å². The van der Waals surface area contributed by atoms with Crippen LogP contribution in [0, 0.1) is 0 Å². The monoisotopic (exact) mass is 533 g/mol. The van der Waals surface area contributed by atoms with Crippen LogP contribution in [0.5, 0.6) is 0 Å². The molecular weight excluding hydrogens is 466 g/mol. The summed E-state index contributed by atoms with van der Waals surface area (Å²) in [6, 6.07) is 0. The van der Waals surface area contributed by atoms with Crippen LogP contribution in [-0.4, -0.2) is 18.2 Å². The second kappa shape index (κ2) is 29.4. The molecule has 4 N–H and O–H groups in total. The first kappa shape index (κ1) is 38.0. The van der Waals surface area contributed by atoms with Crippen molar-refractivity contribution in [2.24, 2.45) is 0 Å². The first-order valence-electron chi connectivity index (χ1n) is 16.0. The van der Waals surface area contributed by atoms with Crippen molar-refractivity contribution in [1.29, 1.82) is 0 Å². The lowest BCUT2D eigenvalue weighted by atomic mass is 10.0. The first-order chi connectivity index (χ1) is 17.0. The van der Waals surface area contributed by atoms with Gasteiger partial charge in [-0.15, -0.1) is 0 Å². The van der Waals surface area contributed by atoms with E-state index < -0.39 is 15.4 Å². The molecule has 5 heteroatoms. The van der Waals surface area contributed by atoms with Crippen molar-refractivity contribution in [3.05, 3.63) is 0 Å². The lowest BCUT2D eigenvalue weighted by Crippen LogP contribution is -2.20. The Bertz CT molecular complexity index is 510. The lowest BCUT2D eigenvalue weighted by molar-refractivity contribution is 0.442. The van der Waals surface area contributed by atoms with Gasteiger partial charge >= 0.3 is 0 Å². The maximum atomic E-state index is 11.7. The minimum absolute atomic E-state index is 0. The summed E-state index contributed by atoms with van der Waals surface area (Å²) in [4.78, 5) is 0. The van der Waals surface area contributed by atoms with Crippen LogP contribution in [0.2, 0.25) is 0 Å². The Morgan fingerprint density at radius 2 is 0.611 bits per heavy atom. The van der Waals surface area contributed by atoms with E-state index in [1.807, 2.05) is 0 Å². The summed E-state index contributed by atoms with van der Waals surface area (Å²) in [7, 11) is -3.89. The zero-order valence-corrected chi connectivity index (χ0v) is 25.6. The summed E-state index contributed by atoms with van der Waals surface area (Å²) < 4.78 is 33.0. The van der Waals surface area contributed by atoms with Gasteiger partial charge in [0.2, 0.25) is 0 Å². The molecule has 36 heavy (non-hydrogen) atoms. The van der Waals surface area contributed by atoms with Crippen molar-refractivity contribution < 1.29 is 13.0 Å². The fourth-order valence-electron chi connectivity index (χ4n) is 5.22. The third-order valence-corrected chi connectivity index (χ3v) is 8.99. The van der Waals surface area contributed by atoms with E-state index >= 15 is 0 Å². The van der Waals surface area contributed by atoms with Crippen LogP contribution in [0.1, 0.15) is 194 Å². The van der Waals surface area contributed by atoms with Crippen molar-refractivity contribution in [2.75, 3.05) is 0 Å². The van der Waals surface area contributed by atoms with Gasteiger partial charge in [0.25, 0.3) is 10.1 Å². The number of rotatable bonds is 29. The highest BCUT2D eigenvalue weighted by Crippen LogP contribution is 2.20. The van der Waals surface area contributed by atoms with Gasteiger partial charge in [0.1, 0.15) is 0 Å². The van der Waals surface area contributed by atoms with Gasteiger partial charge in [-0.05, 0) is 12.8 Å². The maximum absolute atomic E-state index is 11.7. The van der Waals surface area contributed by atoms with Crippen molar-refractivity contribution >= 4 is 10.1 Å². The van der Waals surface area contributed by atoms with E-state index in [1.165, 1.54) is 141 Å². The highest BCUT2D eigenvalue weighted by molar-refractivity contribution is 7.86. The van der Waals surface area contributed by atoms with E-state index in [0.717, 1.165) is 25.7 Å². The van der Waals surface area contributed by atoms with Crippen molar-refractivity contribution in [1.82, 2.24) is 6.15 Å². The summed E-state index contributed by atoms with van der Waals surface area (Å²) in [5.74, 6) is 0. The Balaban J connectivity index is 0. The van der Waals surface area contributed by atoms with Crippen LogP contribution in [0.15, 0.2) is 0 Å². The first-order valence-corrected chi connectivity index (χ1v) is 17.5. The Morgan fingerprint density at radius 1 is 0.417 bits per heavy atom. The molecular formula is C31H67NO3S. The topological polar surface area (TPSA) is 89.4 Å². The normalized spacial score (nSPS) is 12.5. The van der Waals surface area contributed by atoms with Crippen LogP contribution in [0.4, 0.5) is 0 Å². The average molecular weight is 534 g/mol. The molecule has 0 saturated carbocycles. The van der Waals surface area contributed by atoms with Crippen molar-refractivity contribution in [3.8, 4) is 0 Å². The van der Waals surface area contributed by atoms with Gasteiger partial charge in [-0.2, -0.15) is 8.42 Å². The summed E-state index contributed by atoms with van der Waals surface area (Å²) in [5.41, 5.74) is 0. The highest BCUT2D eigenvalue weighted by Gasteiger charge is 2.21. The zero-order valence-electron chi connectivity index (χ0n) is 24.8. The Hall–Kier alpha value is -0.130. The summed E-state index contributed by atoms with van der Waals surface area (Å²) in [6.07, 6.45) is 35.2. The molecule has 0 aliphatic heterocycles. The van der Waals surface area contributed by atoms with E-state index in [4.69, 9.17) is 0 Å². The standard InChI is InChI=1S/C31H64O3S.H3N/c1-3-5-7-9-11-12-13-14-15-16-17-18-19-20-21-22-24-26-28-30-31(35(32,33)34)29-27-25-23-10-8-6-4-2;/h31H,3-30H2,1-2H3,(H,32,33,34);1H3. The molecule has 0 rings (SSSR count). The van der Waals surface area contributed by atoms with E-state index in [9.17, 15) is 13.0 Å². The van der Waals surface area contributed by atoms with E-state index in [2.05, 4.69) is 13.8 Å². The smallest absolute Gasteiger partial charge is 0.267 e. The molecule has 0 aliphatic carbocycles. The van der Waals surface area contributed by atoms with Gasteiger partial charge in [0.05, 0.1) is 5.25 Å². The predicted octanol–water partition coefficient (Wildman–Crippen LogP) is 11.4. The molecule has 4 nitrogen and oxygen atoms in total. The Kier molecular flexibility index (Phi) is 31.1. The average Bonchev–Trinajstić information content (AvgIpc) is 2.82. The molecule has 0 aromatic rings. The van der Waals surface area contributed by atoms with E-state index in [1.54, 1.807) is 0 Å². The second-order valence-corrected chi connectivity index (χ2v) is 12.9. The van der Waals surface area contributed by atoms with E-state index in [-0.39, 0.29) is 6.15 Å². The molecule has 0 spiro atoms. The summed E-state index contributed by atoms with van der Waals surface area (Å²) in [5, 5.41) is -0.538.